The molecule has 0 aliphatic rings. The first-order valence-corrected chi connectivity index (χ1v) is 11.1. The van der Waals surface area contributed by atoms with Gasteiger partial charge in [0.1, 0.15) is 17.2 Å². The zero-order chi connectivity index (χ0) is 25.5. The first kappa shape index (κ1) is 25.4. The van der Waals surface area contributed by atoms with E-state index in [4.69, 9.17) is 9.47 Å². The number of aromatic hydroxyl groups is 1. The molecule has 1 atom stereocenters. The van der Waals surface area contributed by atoms with Gasteiger partial charge in [0.15, 0.2) is 5.69 Å². The number of anilines is 1. The summed E-state index contributed by atoms with van der Waals surface area (Å²) < 4.78 is 12.3. The monoisotopic (exact) mass is 479 g/mol. The Morgan fingerprint density at radius 1 is 1.06 bits per heavy atom. The minimum Gasteiger partial charge on any atom is -0.505 e. The quantitative estimate of drug-likeness (QED) is 0.414. The third-order valence-electron chi connectivity index (χ3n) is 5.39. The van der Waals surface area contributed by atoms with Crippen molar-refractivity contribution in [3.05, 3.63) is 81.8 Å². The number of hydrogen-bond acceptors (Lipinski definition) is 6. The maximum absolute atomic E-state index is 12.8. The number of nitrogens with zero attached hydrogens (tertiary/aromatic N) is 1. The molecule has 0 fully saturated rings. The van der Waals surface area contributed by atoms with Gasteiger partial charge in [0, 0.05) is 18.8 Å². The average molecular weight is 480 g/mol. The molecule has 0 spiro atoms. The second-order valence-electron chi connectivity index (χ2n) is 8.06. The number of aryl methyl sites for hydroxylation is 2. The van der Waals surface area contributed by atoms with Crippen LogP contribution in [0, 0.1) is 13.8 Å². The van der Waals surface area contributed by atoms with Crippen LogP contribution in [0.3, 0.4) is 0 Å². The Kier molecular flexibility index (Phi) is 8.14. The van der Waals surface area contributed by atoms with Gasteiger partial charge in [-0.05, 0) is 50.6 Å². The zero-order valence-corrected chi connectivity index (χ0v) is 20.1. The fourth-order valence-corrected chi connectivity index (χ4v) is 3.41. The van der Waals surface area contributed by atoms with Gasteiger partial charge in [-0.25, -0.2) is 4.79 Å². The first-order chi connectivity index (χ1) is 16.7. The van der Waals surface area contributed by atoms with E-state index in [0.717, 1.165) is 5.56 Å². The number of carbonyl (C=O) groups excluding carboxylic acids is 2. The van der Waals surface area contributed by atoms with Gasteiger partial charge in [-0.1, -0.05) is 29.8 Å². The number of amides is 2. The van der Waals surface area contributed by atoms with E-state index in [0.29, 0.717) is 22.8 Å². The van der Waals surface area contributed by atoms with E-state index < -0.39 is 23.6 Å². The maximum atomic E-state index is 12.8. The number of aromatic nitrogens is 1. The molecule has 9 heteroatoms. The van der Waals surface area contributed by atoms with Gasteiger partial charge >= 0.3 is 12.0 Å². The molecule has 0 radical (unpaired) electrons. The lowest BCUT2D eigenvalue weighted by Gasteiger charge is -2.20. The van der Waals surface area contributed by atoms with E-state index in [1.165, 1.54) is 17.7 Å². The molecule has 2 amide bonds. The number of ether oxygens (including phenoxy) is 2. The van der Waals surface area contributed by atoms with Crippen molar-refractivity contribution in [1.29, 1.82) is 0 Å². The number of nitrogens with one attached hydrogen (secondary N) is 2. The van der Waals surface area contributed by atoms with Crippen molar-refractivity contribution < 1.29 is 24.2 Å². The Bertz CT molecular complexity index is 1270. The van der Waals surface area contributed by atoms with Crippen LogP contribution in [0.15, 0.2) is 59.4 Å². The van der Waals surface area contributed by atoms with Crippen molar-refractivity contribution in [2.75, 3.05) is 11.9 Å². The van der Waals surface area contributed by atoms with Crippen molar-refractivity contribution in [1.82, 2.24) is 9.88 Å². The average Bonchev–Trinajstić information content (AvgIpc) is 2.82. The lowest BCUT2D eigenvalue weighted by molar-refractivity contribution is -0.143. The standard InChI is InChI=1S/C26H29N3O6/c1-5-34-23(31)15-21(27-26(33)28-24-22(30)13-17(3)29(4)25(24)32)18-7-6-8-20(14-18)35-19-11-9-16(2)10-12-19/h6-14,21,30H,5,15H2,1-4H3,(H2,27,28,33)/t21-/m0/s1. The van der Waals surface area contributed by atoms with Crippen molar-refractivity contribution >= 4 is 17.7 Å². The van der Waals surface area contributed by atoms with Crippen molar-refractivity contribution in [2.45, 2.75) is 33.2 Å². The number of carbonyl (C=O) groups is 2. The van der Waals surface area contributed by atoms with Gasteiger partial charge in [-0.3, -0.25) is 9.59 Å². The minimum absolute atomic E-state index is 0.146. The normalized spacial score (nSPS) is 11.4. The van der Waals surface area contributed by atoms with Gasteiger partial charge in [0.25, 0.3) is 5.56 Å². The van der Waals surface area contributed by atoms with E-state index in [-0.39, 0.29) is 24.5 Å². The SMILES string of the molecule is CCOC(=O)C[C@H](NC(=O)Nc1c(O)cc(C)n(C)c1=O)c1cccc(Oc2ccc(C)cc2)c1. The smallest absolute Gasteiger partial charge is 0.319 e. The van der Waals surface area contributed by atoms with Crippen LogP contribution in [-0.2, 0) is 16.6 Å². The molecule has 2 aromatic carbocycles. The summed E-state index contributed by atoms with van der Waals surface area (Å²) in [5, 5.41) is 15.2. The summed E-state index contributed by atoms with van der Waals surface area (Å²) in [4.78, 5) is 37.5. The Hall–Kier alpha value is -4.27. The topological polar surface area (TPSA) is 119 Å². The molecule has 0 saturated heterocycles. The highest BCUT2D eigenvalue weighted by Gasteiger charge is 2.22. The van der Waals surface area contributed by atoms with Gasteiger partial charge in [0.05, 0.1) is 19.1 Å². The predicted molar refractivity (Wildman–Crippen MR) is 132 cm³/mol. The minimum atomic E-state index is -0.785. The van der Waals surface area contributed by atoms with E-state index in [9.17, 15) is 19.5 Å². The molecular formula is C26H29N3O6. The molecule has 1 aromatic heterocycles. The van der Waals surface area contributed by atoms with E-state index in [1.807, 2.05) is 31.2 Å². The van der Waals surface area contributed by atoms with E-state index >= 15 is 0 Å². The van der Waals surface area contributed by atoms with Crippen LogP contribution in [-0.4, -0.2) is 28.3 Å². The fourth-order valence-electron chi connectivity index (χ4n) is 3.41. The number of esters is 1. The number of rotatable bonds is 8. The second-order valence-corrected chi connectivity index (χ2v) is 8.06. The highest BCUT2D eigenvalue weighted by atomic mass is 16.5. The van der Waals surface area contributed by atoms with Crippen LogP contribution >= 0.6 is 0 Å². The highest BCUT2D eigenvalue weighted by molar-refractivity contribution is 5.91. The fraction of sp³-hybridized carbons (Fsp3) is 0.269. The Labute approximate surface area is 203 Å². The summed E-state index contributed by atoms with van der Waals surface area (Å²) in [6.07, 6.45) is -0.146. The summed E-state index contributed by atoms with van der Waals surface area (Å²) in [7, 11) is 1.53. The number of hydrogen-bond donors (Lipinski definition) is 3. The molecule has 0 unspecified atom stereocenters. The summed E-state index contributed by atoms with van der Waals surface area (Å²) in [5.74, 6) is 0.312. The van der Waals surface area contributed by atoms with Crippen molar-refractivity contribution in [3.63, 3.8) is 0 Å². The zero-order valence-electron chi connectivity index (χ0n) is 20.1. The molecule has 1 heterocycles. The van der Waals surface area contributed by atoms with E-state index in [2.05, 4.69) is 10.6 Å². The summed E-state index contributed by atoms with van der Waals surface area (Å²) in [6.45, 7) is 5.53. The largest absolute Gasteiger partial charge is 0.505 e. The van der Waals surface area contributed by atoms with Crippen LogP contribution in [0.1, 0.15) is 36.2 Å². The number of pyridine rings is 1. The molecular weight excluding hydrogens is 450 g/mol. The van der Waals surface area contributed by atoms with Crippen LogP contribution in [0.5, 0.6) is 17.2 Å². The lowest BCUT2D eigenvalue weighted by Crippen LogP contribution is -2.36. The molecule has 35 heavy (non-hydrogen) atoms. The Balaban J connectivity index is 1.83. The summed E-state index contributed by atoms with van der Waals surface area (Å²) >= 11 is 0. The van der Waals surface area contributed by atoms with Crippen LogP contribution in [0.2, 0.25) is 0 Å². The van der Waals surface area contributed by atoms with Crippen molar-refractivity contribution in [2.24, 2.45) is 7.05 Å². The molecule has 9 nitrogen and oxygen atoms in total. The van der Waals surface area contributed by atoms with E-state index in [1.54, 1.807) is 38.1 Å². The third kappa shape index (κ3) is 6.63. The van der Waals surface area contributed by atoms with Crippen molar-refractivity contribution in [3.8, 4) is 17.2 Å². The Morgan fingerprint density at radius 3 is 2.46 bits per heavy atom. The van der Waals surface area contributed by atoms with Crippen LogP contribution in [0.4, 0.5) is 10.5 Å². The number of benzene rings is 2. The first-order valence-electron chi connectivity index (χ1n) is 11.1. The van der Waals surface area contributed by atoms with Crippen LogP contribution < -0.4 is 20.9 Å². The molecule has 3 aromatic rings. The highest BCUT2D eigenvalue weighted by Crippen LogP contribution is 2.27. The summed E-state index contributed by atoms with van der Waals surface area (Å²) in [6, 6.07) is 14.3. The maximum Gasteiger partial charge on any atom is 0.319 e. The molecule has 0 saturated carbocycles. The molecule has 0 bridgehead atoms. The molecule has 3 N–H and O–H groups in total. The predicted octanol–water partition coefficient (Wildman–Crippen LogP) is 4.32. The van der Waals surface area contributed by atoms with Gasteiger partial charge < -0.3 is 29.8 Å². The molecule has 0 aliphatic heterocycles. The third-order valence-corrected chi connectivity index (χ3v) is 5.39. The van der Waals surface area contributed by atoms with Gasteiger partial charge in [-0.15, -0.1) is 0 Å². The molecule has 0 aliphatic carbocycles. The number of urea groups is 1. The lowest BCUT2D eigenvalue weighted by atomic mass is 10.0. The van der Waals surface area contributed by atoms with Crippen LogP contribution in [0.25, 0.3) is 0 Å². The molecule has 3 rings (SSSR count). The summed E-state index contributed by atoms with van der Waals surface area (Å²) in [5.41, 5.74) is 1.41. The Morgan fingerprint density at radius 2 is 1.77 bits per heavy atom. The second kappa shape index (κ2) is 11.2. The van der Waals surface area contributed by atoms with Gasteiger partial charge in [0.2, 0.25) is 0 Å². The van der Waals surface area contributed by atoms with Gasteiger partial charge in [-0.2, -0.15) is 0 Å². The molecule has 184 valence electrons.